The van der Waals surface area contributed by atoms with Crippen LogP contribution in [-0.4, -0.2) is 22.4 Å². The third-order valence-corrected chi connectivity index (χ3v) is 0.353. The number of hydrogen-bond donors (Lipinski definition) is 2. The van der Waals surface area contributed by atoms with Crippen LogP contribution < -0.4 is 0 Å². The Labute approximate surface area is 56.5 Å². The van der Waals surface area contributed by atoms with E-state index in [2.05, 4.69) is 5.92 Å². The zero-order chi connectivity index (χ0) is 7.91. The first-order valence-corrected chi connectivity index (χ1v) is 2.79. The Kier molecular flexibility index (Phi) is 7.05. The second-order valence-corrected chi connectivity index (χ2v) is 2.02. The van der Waals surface area contributed by atoms with Gasteiger partial charge in [0, 0.05) is 6.61 Å². The van der Waals surface area contributed by atoms with Gasteiger partial charge < -0.3 is 10.2 Å². The van der Waals surface area contributed by atoms with E-state index in [-0.39, 0.29) is 6.61 Å². The highest BCUT2D eigenvalue weighted by Crippen LogP contribution is 1.93. The standard InChI is InChI=1S/C5H8O.C2H6O/c1-4-5(2,3)6;1-2-3/h1,6H,2-3H3;3H,2H2,1H3. The van der Waals surface area contributed by atoms with Crippen molar-refractivity contribution in [1.82, 2.24) is 0 Å². The Morgan fingerprint density at radius 2 is 1.67 bits per heavy atom. The van der Waals surface area contributed by atoms with Gasteiger partial charge in [0.25, 0.3) is 0 Å². The number of aliphatic hydroxyl groups excluding tert-OH is 1. The number of rotatable bonds is 0. The van der Waals surface area contributed by atoms with E-state index in [4.69, 9.17) is 16.6 Å². The van der Waals surface area contributed by atoms with Gasteiger partial charge in [-0.2, -0.15) is 0 Å². The van der Waals surface area contributed by atoms with Crippen LogP contribution in [0.2, 0.25) is 0 Å². The van der Waals surface area contributed by atoms with E-state index < -0.39 is 5.60 Å². The highest BCUT2D eigenvalue weighted by Gasteiger charge is 2.03. The molecule has 0 aromatic heterocycles. The molecule has 0 fully saturated rings. The minimum atomic E-state index is -0.931. The van der Waals surface area contributed by atoms with Crippen molar-refractivity contribution in [2.75, 3.05) is 6.61 Å². The number of terminal acetylenes is 1. The summed E-state index contributed by atoms with van der Waals surface area (Å²) in [6.07, 6.45) is 4.81. The molecule has 9 heavy (non-hydrogen) atoms. The largest absolute Gasteiger partial charge is 0.397 e. The first kappa shape index (κ1) is 11.3. The highest BCUT2D eigenvalue weighted by atomic mass is 16.3. The van der Waals surface area contributed by atoms with Gasteiger partial charge in [-0.15, -0.1) is 6.42 Å². The van der Waals surface area contributed by atoms with E-state index in [1.807, 2.05) is 0 Å². The van der Waals surface area contributed by atoms with E-state index in [1.54, 1.807) is 20.8 Å². The molecule has 0 spiro atoms. The molecule has 0 aliphatic rings. The average molecular weight is 130 g/mol. The molecule has 0 aliphatic heterocycles. The Morgan fingerprint density at radius 1 is 1.56 bits per heavy atom. The van der Waals surface area contributed by atoms with Crippen LogP contribution >= 0.6 is 0 Å². The maximum Gasteiger partial charge on any atom is 0.119 e. The Hall–Kier alpha value is -0.520. The summed E-state index contributed by atoms with van der Waals surface area (Å²) in [5.74, 6) is 2.16. The lowest BCUT2D eigenvalue weighted by Gasteiger charge is -2.04. The third-order valence-electron chi connectivity index (χ3n) is 0.353. The minimum Gasteiger partial charge on any atom is -0.397 e. The summed E-state index contributed by atoms with van der Waals surface area (Å²) < 4.78 is 0. The smallest absolute Gasteiger partial charge is 0.119 e. The van der Waals surface area contributed by atoms with Crippen molar-refractivity contribution in [3.05, 3.63) is 0 Å². The first-order chi connectivity index (χ1) is 3.97. The number of hydrogen-bond acceptors (Lipinski definition) is 2. The molecule has 0 saturated carbocycles. The van der Waals surface area contributed by atoms with Gasteiger partial charge in [0.15, 0.2) is 0 Å². The Bertz CT molecular complexity index is 84.1. The van der Waals surface area contributed by atoms with Crippen LogP contribution in [0.4, 0.5) is 0 Å². The van der Waals surface area contributed by atoms with Crippen molar-refractivity contribution >= 4 is 0 Å². The van der Waals surface area contributed by atoms with E-state index >= 15 is 0 Å². The molecule has 0 atom stereocenters. The van der Waals surface area contributed by atoms with Gasteiger partial charge in [0.2, 0.25) is 0 Å². The highest BCUT2D eigenvalue weighted by molar-refractivity contribution is 5.00. The minimum absolute atomic E-state index is 0.250. The molecule has 0 amide bonds. The second kappa shape index (κ2) is 5.61. The fraction of sp³-hybridized carbons (Fsp3) is 0.714. The van der Waals surface area contributed by atoms with Gasteiger partial charge in [0.1, 0.15) is 5.60 Å². The number of aliphatic hydroxyl groups is 2. The predicted molar refractivity (Wildman–Crippen MR) is 37.9 cm³/mol. The van der Waals surface area contributed by atoms with Gasteiger partial charge in [-0.1, -0.05) is 5.92 Å². The molecule has 2 N–H and O–H groups in total. The summed E-state index contributed by atoms with van der Waals surface area (Å²) in [6.45, 7) is 5.06. The molecule has 0 aromatic rings. The monoisotopic (exact) mass is 130 g/mol. The lowest BCUT2D eigenvalue weighted by atomic mass is 10.2. The molecule has 0 aromatic carbocycles. The van der Waals surface area contributed by atoms with Gasteiger partial charge in [0.05, 0.1) is 0 Å². The SMILES string of the molecule is C#CC(C)(C)O.CCO. The molecule has 0 unspecified atom stereocenters. The van der Waals surface area contributed by atoms with Crippen LogP contribution in [0.3, 0.4) is 0 Å². The van der Waals surface area contributed by atoms with Gasteiger partial charge in [-0.3, -0.25) is 0 Å². The topological polar surface area (TPSA) is 40.5 Å². The summed E-state index contributed by atoms with van der Waals surface area (Å²) in [7, 11) is 0. The summed E-state index contributed by atoms with van der Waals surface area (Å²) in [5.41, 5.74) is -0.931. The molecule has 0 aliphatic carbocycles. The lowest BCUT2D eigenvalue weighted by Crippen LogP contribution is -2.13. The molecule has 2 nitrogen and oxygen atoms in total. The summed E-state index contributed by atoms with van der Waals surface area (Å²) in [5, 5.41) is 16.2. The van der Waals surface area contributed by atoms with Crippen LogP contribution in [0.1, 0.15) is 20.8 Å². The summed E-state index contributed by atoms with van der Waals surface area (Å²) >= 11 is 0. The molecule has 0 rings (SSSR count). The molecule has 0 radical (unpaired) electrons. The van der Waals surface area contributed by atoms with E-state index in [0.717, 1.165) is 0 Å². The van der Waals surface area contributed by atoms with E-state index in [1.165, 1.54) is 0 Å². The fourth-order valence-corrected chi connectivity index (χ4v) is 0. The maximum atomic E-state index is 8.59. The quantitative estimate of drug-likeness (QED) is 0.466. The van der Waals surface area contributed by atoms with Crippen molar-refractivity contribution in [3.63, 3.8) is 0 Å². The summed E-state index contributed by atoms with van der Waals surface area (Å²) in [6, 6.07) is 0. The third kappa shape index (κ3) is 36.5. The molecular formula is C7H14O2. The van der Waals surface area contributed by atoms with E-state index in [0.29, 0.717) is 0 Å². The summed E-state index contributed by atoms with van der Waals surface area (Å²) in [4.78, 5) is 0. The molecule has 0 heterocycles. The van der Waals surface area contributed by atoms with Crippen LogP contribution in [0, 0.1) is 12.3 Å². The molecule has 0 saturated heterocycles. The van der Waals surface area contributed by atoms with Crippen LogP contribution in [0.5, 0.6) is 0 Å². The Balaban J connectivity index is 0. The van der Waals surface area contributed by atoms with Gasteiger partial charge >= 0.3 is 0 Å². The molecule has 2 heteroatoms. The molecular weight excluding hydrogens is 116 g/mol. The average Bonchev–Trinajstić information content (AvgIpc) is 1.67. The van der Waals surface area contributed by atoms with Crippen molar-refractivity contribution in [3.8, 4) is 12.3 Å². The maximum absolute atomic E-state index is 8.59. The van der Waals surface area contributed by atoms with Gasteiger partial charge in [-0.25, -0.2) is 0 Å². The predicted octanol–water partition coefficient (Wildman–Crippen LogP) is 0.389. The fourth-order valence-electron chi connectivity index (χ4n) is 0. The van der Waals surface area contributed by atoms with Crippen LogP contribution in [-0.2, 0) is 0 Å². The first-order valence-electron chi connectivity index (χ1n) is 2.79. The Morgan fingerprint density at radius 3 is 1.67 bits per heavy atom. The van der Waals surface area contributed by atoms with Crippen LogP contribution in [0.15, 0.2) is 0 Å². The molecule has 54 valence electrons. The zero-order valence-electron chi connectivity index (χ0n) is 6.18. The van der Waals surface area contributed by atoms with Crippen molar-refractivity contribution in [1.29, 1.82) is 0 Å². The van der Waals surface area contributed by atoms with Crippen molar-refractivity contribution in [2.24, 2.45) is 0 Å². The normalized spacial score (nSPS) is 8.89. The van der Waals surface area contributed by atoms with Crippen molar-refractivity contribution < 1.29 is 10.2 Å². The van der Waals surface area contributed by atoms with E-state index in [9.17, 15) is 0 Å². The zero-order valence-corrected chi connectivity index (χ0v) is 6.18. The van der Waals surface area contributed by atoms with Crippen molar-refractivity contribution in [2.45, 2.75) is 26.4 Å². The van der Waals surface area contributed by atoms with Crippen LogP contribution in [0.25, 0.3) is 0 Å². The second-order valence-electron chi connectivity index (χ2n) is 2.02. The molecule has 0 bridgehead atoms. The lowest BCUT2D eigenvalue weighted by molar-refractivity contribution is 0.144. The van der Waals surface area contributed by atoms with Gasteiger partial charge in [-0.05, 0) is 20.8 Å².